The zero-order valence-electron chi connectivity index (χ0n) is 12.9. The number of carbonyl (C=O) groups excluding carboxylic acids is 1. The van der Waals surface area contributed by atoms with Gasteiger partial charge in [0.15, 0.2) is 5.13 Å². The minimum atomic E-state index is -0.111. The molecule has 0 saturated heterocycles. The molecular weight excluding hydrogens is 292 g/mol. The van der Waals surface area contributed by atoms with Gasteiger partial charge < -0.3 is 0 Å². The number of nitrogens with one attached hydrogen (secondary N) is 1. The molecule has 4 heteroatoms. The molecule has 3 aromatic rings. The highest BCUT2D eigenvalue weighted by molar-refractivity contribution is 7.22. The summed E-state index contributed by atoms with van der Waals surface area (Å²) < 4.78 is 1.11. The lowest BCUT2D eigenvalue weighted by Crippen LogP contribution is -2.11. The van der Waals surface area contributed by atoms with Crippen LogP contribution < -0.4 is 5.32 Å². The van der Waals surface area contributed by atoms with Gasteiger partial charge in [0.25, 0.3) is 5.91 Å². The van der Waals surface area contributed by atoms with Gasteiger partial charge in [0, 0.05) is 5.56 Å². The largest absolute Gasteiger partial charge is 0.298 e. The molecule has 1 heterocycles. The van der Waals surface area contributed by atoms with Crippen LogP contribution in [0.5, 0.6) is 0 Å². The minimum absolute atomic E-state index is 0.111. The maximum absolute atomic E-state index is 12.4. The van der Waals surface area contributed by atoms with Crippen molar-refractivity contribution in [2.24, 2.45) is 0 Å². The number of para-hydroxylation sites is 1. The van der Waals surface area contributed by atoms with E-state index >= 15 is 0 Å². The van der Waals surface area contributed by atoms with Crippen LogP contribution in [0, 0.1) is 13.8 Å². The molecule has 0 bridgehead atoms. The summed E-state index contributed by atoms with van der Waals surface area (Å²) in [5, 5.41) is 3.57. The van der Waals surface area contributed by atoms with Gasteiger partial charge in [-0.1, -0.05) is 36.5 Å². The summed E-state index contributed by atoms with van der Waals surface area (Å²) in [4.78, 5) is 16.9. The van der Waals surface area contributed by atoms with Gasteiger partial charge in [0.05, 0.1) is 10.2 Å². The number of nitrogens with zero attached hydrogens (tertiary/aromatic N) is 1. The summed E-state index contributed by atoms with van der Waals surface area (Å²) in [6.45, 7) is 6.16. The smallest absolute Gasteiger partial charge is 0.257 e. The van der Waals surface area contributed by atoms with E-state index in [1.54, 1.807) is 0 Å². The second-order valence-corrected chi connectivity index (χ2v) is 6.42. The lowest BCUT2D eigenvalue weighted by molar-refractivity contribution is 0.102. The molecule has 3 nitrogen and oxygen atoms in total. The highest BCUT2D eigenvalue weighted by Crippen LogP contribution is 2.28. The van der Waals surface area contributed by atoms with Crippen LogP contribution in [0.3, 0.4) is 0 Å². The molecule has 0 atom stereocenters. The predicted octanol–water partition coefficient (Wildman–Crippen LogP) is 4.73. The van der Waals surface area contributed by atoms with Crippen molar-refractivity contribution in [1.29, 1.82) is 0 Å². The fraction of sp³-hybridized carbons (Fsp3) is 0.222. The van der Waals surface area contributed by atoms with Gasteiger partial charge in [-0.2, -0.15) is 0 Å². The van der Waals surface area contributed by atoms with Gasteiger partial charge in [-0.05, 0) is 55.2 Å². The van der Waals surface area contributed by atoms with E-state index in [-0.39, 0.29) is 5.91 Å². The molecule has 0 aliphatic rings. The molecule has 1 N–H and O–H groups in total. The Morgan fingerprint density at radius 3 is 2.73 bits per heavy atom. The molecule has 2 aromatic carbocycles. The van der Waals surface area contributed by atoms with E-state index in [1.807, 2.05) is 44.2 Å². The second-order valence-electron chi connectivity index (χ2n) is 5.39. The number of thiazole rings is 1. The predicted molar refractivity (Wildman–Crippen MR) is 92.9 cm³/mol. The van der Waals surface area contributed by atoms with E-state index in [1.165, 1.54) is 22.5 Å². The van der Waals surface area contributed by atoms with Crippen LogP contribution in [0.2, 0.25) is 0 Å². The molecule has 0 saturated carbocycles. The minimum Gasteiger partial charge on any atom is -0.298 e. The molecule has 1 aromatic heterocycles. The van der Waals surface area contributed by atoms with Crippen molar-refractivity contribution in [3.8, 4) is 0 Å². The number of hydrogen-bond donors (Lipinski definition) is 1. The number of aryl methyl sites for hydroxylation is 3. The van der Waals surface area contributed by atoms with E-state index in [0.29, 0.717) is 10.7 Å². The number of benzene rings is 2. The Balaban J connectivity index is 1.89. The molecule has 0 aliphatic heterocycles. The first kappa shape index (κ1) is 14.7. The molecule has 22 heavy (non-hydrogen) atoms. The van der Waals surface area contributed by atoms with Crippen LogP contribution in [-0.2, 0) is 6.42 Å². The van der Waals surface area contributed by atoms with E-state index < -0.39 is 0 Å². The average molecular weight is 310 g/mol. The second kappa shape index (κ2) is 5.89. The maximum Gasteiger partial charge on any atom is 0.257 e. The number of aromatic nitrogens is 1. The monoisotopic (exact) mass is 310 g/mol. The molecule has 0 aliphatic carbocycles. The van der Waals surface area contributed by atoms with Gasteiger partial charge in [-0.3, -0.25) is 10.1 Å². The van der Waals surface area contributed by atoms with Crippen LogP contribution in [0.15, 0.2) is 36.4 Å². The maximum atomic E-state index is 12.4. The lowest BCUT2D eigenvalue weighted by Gasteiger charge is -2.04. The third kappa shape index (κ3) is 2.74. The van der Waals surface area contributed by atoms with Crippen LogP contribution in [0.25, 0.3) is 10.2 Å². The Morgan fingerprint density at radius 2 is 2.00 bits per heavy atom. The van der Waals surface area contributed by atoms with Crippen LogP contribution in [-0.4, -0.2) is 10.9 Å². The van der Waals surface area contributed by atoms with Crippen LogP contribution in [0.4, 0.5) is 5.13 Å². The summed E-state index contributed by atoms with van der Waals surface area (Å²) in [6, 6.07) is 11.9. The standard InChI is InChI=1S/C18H18N2OS/c1-4-13-6-5-7-15-16(13)19-18(22-15)20-17(21)14-9-8-11(2)12(3)10-14/h5-10H,4H2,1-3H3,(H,19,20,21). The lowest BCUT2D eigenvalue weighted by atomic mass is 10.1. The first-order valence-corrected chi connectivity index (χ1v) is 8.17. The third-order valence-electron chi connectivity index (χ3n) is 3.87. The van der Waals surface area contributed by atoms with E-state index in [2.05, 4.69) is 23.3 Å². The number of rotatable bonds is 3. The highest BCUT2D eigenvalue weighted by atomic mass is 32.1. The Morgan fingerprint density at radius 1 is 1.18 bits per heavy atom. The van der Waals surface area contributed by atoms with Gasteiger partial charge in [0.1, 0.15) is 0 Å². The summed E-state index contributed by atoms with van der Waals surface area (Å²) >= 11 is 1.51. The number of hydrogen-bond acceptors (Lipinski definition) is 3. The molecule has 112 valence electrons. The molecule has 3 rings (SSSR count). The van der Waals surface area contributed by atoms with Crippen molar-refractivity contribution in [1.82, 2.24) is 4.98 Å². The fourth-order valence-electron chi connectivity index (χ4n) is 2.40. The zero-order valence-corrected chi connectivity index (χ0v) is 13.8. The quantitative estimate of drug-likeness (QED) is 0.760. The highest BCUT2D eigenvalue weighted by Gasteiger charge is 2.12. The van der Waals surface area contributed by atoms with E-state index in [4.69, 9.17) is 0 Å². The molecule has 0 radical (unpaired) electrons. The number of fused-ring (bicyclic) bond motifs is 1. The van der Waals surface area contributed by atoms with Crippen molar-refractivity contribution in [3.05, 3.63) is 58.7 Å². The number of carbonyl (C=O) groups is 1. The molecule has 0 unspecified atom stereocenters. The molecule has 0 fully saturated rings. The van der Waals surface area contributed by atoms with Gasteiger partial charge >= 0.3 is 0 Å². The first-order valence-electron chi connectivity index (χ1n) is 7.35. The van der Waals surface area contributed by atoms with E-state index in [0.717, 1.165) is 22.2 Å². The van der Waals surface area contributed by atoms with Crippen molar-refractivity contribution < 1.29 is 4.79 Å². The SMILES string of the molecule is CCc1cccc2sc(NC(=O)c3ccc(C)c(C)c3)nc12. The topological polar surface area (TPSA) is 42.0 Å². The van der Waals surface area contributed by atoms with Crippen molar-refractivity contribution in [3.63, 3.8) is 0 Å². The normalized spacial score (nSPS) is 10.9. The Labute approximate surface area is 134 Å². The van der Waals surface area contributed by atoms with Crippen molar-refractivity contribution in [2.45, 2.75) is 27.2 Å². The third-order valence-corrected chi connectivity index (χ3v) is 4.81. The molecule has 0 spiro atoms. The number of anilines is 1. The van der Waals surface area contributed by atoms with Crippen LogP contribution in [0.1, 0.15) is 34.0 Å². The Kier molecular flexibility index (Phi) is 3.94. The summed E-state index contributed by atoms with van der Waals surface area (Å²) in [5.41, 5.74) is 5.17. The summed E-state index contributed by atoms with van der Waals surface area (Å²) in [5.74, 6) is -0.111. The van der Waals surface area contributed by atoms with Gasteiger partial charge in [-0.25, -0.2) is 4.98 Å². The van der Waals surface area contributed by atoms with E-state index in [9.17, 15) is 4.79 Å². The van der Waals surface area contributed by atoms with Crippen LogP contribution >= 0.6 is 11.3 Å². The molecular formula is C18H18N2OS. The number of amides is 1. The molecule has 1 amide bonds. The first-order chi connectivity index (χ1) is 10.6. The van der Waals surface area contributed by atoms with Crippen molar-refractivity contribution >= 4 is 32.6 Å². The average Bonchev–Trinajstić information content (AvgIpc) is 2.92. The Hall–Kier alpha value is -2.20. The van der Waals surface area contributed by atoms with Crippen molar-refractivity contribution in [2.75, 3.05) is 5.32 Å². The zero-order chi connectivity index (χ0) is 15.7. The Bertz CT molecular complexity index is 851. The van der Waals surface area contributed by atoms with Gasteiger partial charge in [0.2, 0.25) is 0 Å². The van der Waals surface area contributed by atoms with Gasteiger partial charge in [-0.15, -0.1) is 0 Å². The fourth-order valence-corrected chi connectivity index (χ4v) is 3.31. The summed E-state index contributed by atoms with van der Waals surface area (Å²) in [6.07, 6.45) is 0.936. The summed E-state index contributed by atoms with van der Waals surface area (Å²) in [7, 11) is 0.